The van der Waals surface area contributed by atoms with Gasteiger partial charge in [0.1, 0.15) is 36.0 Å². The molecule has 98 valence electrons. The smallest absolute Gasteiger partial charge is 0.134 e. The molecule has 0 atom stereocenters. The van der Waals surface area contributed by atoms with Crippen LogP contribution in [0.25, 0.3) is 0 Å². The van der Waals surface area contributed by atoms with E-state index in [0.29, 0.717) is 12.4 Å². The van der Waals surface area contributed by atoms with Crippen LogP contribution in [-0.4, -0.2) is 23.6 Å². The van der Waals surface area contributed by atoms with E-state index in [1.54, 1.807) is 6.07 Å². The van der Waals surface area contributed by atoms with Crippen molar-refractivity contribution in [2.75, 3.05) is 23.8 Å². The first kappa shape index (κ1) is 12.9. The number of aryl methyl sites for hydroxylation is 1. The minimum absolute atomic E-state index is 0.220. The lowest BCUT2D eigenvalue weighted by Crippen LogP contribution is -2.17. The summed E-state index contributed by atoms with van der Waals surface area (Å²) in [6.45, 7) is 2.76. The van der Waals surface area contributed by atoms with Crippen LogP contribution in [0.3, 0.4) is 0 Å². The van der Waals surface area contributed by atoms with E-state index < -0.39 is 0 Å². The lowest BCUT2D eigenvalue weighted by molar-refractivity contribution is 0.481. The van der Waals surface area contributed by atoms with Gasteiger partial charge in [0.15, 0.2) is 0 Å². The second-order valence-electron chi connectivity index (χ2n) is 4.14. The fourth-order valence-electron chi connectivity index (χ4n) is 1.67. The summed E-state index contributed by atoms with van der Waals surface area (Å²) in [6.07, 6.45) is 1.47. The first-order valence-corrected chi connectivity index (χ1v) is 5.88. The van der Waals surface area contributed by atoms with Crippen molar-refractivity contribution in [1.82, 2.24) is 9.97 Å². The van der Waals surface area contributed by atoms with Crippen molar-refractivity contribution in [3.05, 3.63) is 36.0 Å². The average Bonchev–Trinajstić information content (AvgIpc) is 2.82. The Bertz CT molecular complexity index is 587. The predicted molar refractivity (Wildman–Crippen MR) is 71.7 cm³/mol. The molecule has 0 radical (unpaired) electrons. The summed E-state index contributed by atoms with van der Waals surface area (Å²) in [5.41, 5.74) is 0. The zero-order chi connectivity index (χ0) is 13.7. The standard InChI is InChI=1S/C13H15N5O/c1-10-3-4-11(19-10)8-18(2)13-7-12(15-6-5-14)16-9-17-13/h3-4,7,9H,6,8H2,1-2H3,(H,15,16,17). The van der Waals surface area contributed by atoms with Gasteiger partial charge in [0.05, 0.1) is 12.6 Å². The van der Waals surface area contributed by atoms with Gasteiger partial charge < -0.3 is 14.6 Å². The Morgan fingerprint density at radius 2 is 2.26 bits per heavy atom. The van der Waals surface area contributed by atoms with Crippen molar-refractivity contribution in [2.24, 2.45) is 0 Å². The third-order valence-electron chi connectivity index (χ3n) is 2.58. The first-order chi connectivity index (χ1) is 9.19. The van der Waals surface area contributed by atoms with Crippen molar-refractivity contribution in [2.45, 2.75) is 13.5 Å². The molecular weight excluding hydrogens is 242 g/mol. The van der Waals surface area contributed by atoms with E-state index in [1.807, 2.05) is 37.1 Å². The van der Waals surface area contributed by atoms with E-state index in [-0.39, 0.29) is 6.54 Å². The number of nitrogens with one attached hydrogen (secondary N) is 1. The zero-order valence-electron chi connectivity index (χ0n) is 10.9. The van der Waals surface area contributed by atoms with Crippen LogP contribution in [0.5, 0.6) is 0 Å². The molecule has 0 aromatic carbocycles. The average molecular weight is 257 g/mol. The van der Waals surface area contributed by atoms with Gasteiger partial charge in [-0.25, -0.2) is 9.97 Å². The van der Waals surface area contributed by atoms with Gasteiger partial charge in [-0.2, -0.15) is 5.26 Å². The molecule has 0 saturated heterocycles. The van der Waals surface area contributed by atoms with Crippen LogP contribution in [0, 0.1) is 18.3 Å². The van der Waals surface area contributed by atoms with Crippen LogP contribution in [0.15, 0.2) is 28.9 Å². The minimum Gasteiger partial charge on any atom is -0.464 e. The molecule has 0 aliphatic carbocycles. The number of anilines is 2. The Kier molecular flexibility index (Phi) is 3.98. The SMILES string of the molecule is Cc1ccc(CN(C)c2cc(NCC#N)ncn2)o1. The molecule has 2 heterocycles. The molecule has 0 aliphatic rings. The topological polar surface area (TPSA) is 78.0 Å². The summed E-state index contributed by atoms with van der Waals surface area (Å²) in [4.78, 5) is 10.2. The molecule has 2 aromatic heterocycles. The van der Waals surface area contributed by atoms with Gasteiger partial charge in [-0.1, -0.05) is 0 Å². The van der Waals surface area contributed by atoms with Crippen LogP contribution in [-0.2, 0) is 6.54 Å². The highest BCUT2D eigenvalue weighted by Crippen LogP contribution is 2.16. The molecule has 0 amide bonds. The summed E-state index contributed by atoms with van der Waals surface area (Å²) in [6, 6.07) is 7.69. The monoisotopic (exact) mass is 257 g/mol. The number of rotatable bonds is 5. The van der Waals surface area contributed by atoms with Crippen molar-refractivity contribution >= 4 is 11.6 Å². The van der Waals surface area contributed by atoms with E-state index in [9.17, 15) is 0 Å². The molecule has 0 aliphatic heterocycles. The normalized spacial score (nSPS) is 9.95. The Balaban J connectivity index is 2.06. The molecule has 0 bridgehead atoms. The fourth-order valence-corrected chi connectivity index (χ4v) is 1.67. The molecule has 6 heteroatoms. The van der Waals surface area contributed by atoms with Gasteiger partial charge in [0, 0.05) is 13.1 Å². The molecule has 0 fully saturated rings. The summed E-state index contributed by atoms with van der Waals surface area (Å²) in [5, 5.41) is 11.4. The van der Waals surface area contributed by atoms with Crippen LogP contribution in [0.4, 0.5) is 11.6 Å². The van der Waals surface area contributed by atoms with Crippen LogP contribution < -0.4 is 10.2 Å². The van der Waals surface area contributed by atoms with E-state index in [4.69, 9.17) is 9.68 Å². The van der Waals surface area contributed by atoms with Crippen molar-refractivity contribution in [1.29, 1.82) is 5.26 Å². The van der Waals surface area contributed by atoms with Crippen molar-refractivity contribution in [3.8, 4) is 6.07 Å². The summed E-state index contributed by atoms with van der Waals surface area (Å²) in [5.74, 6) is 3.17. The van der Waals surface area contributed by atoms with E-state index in [2.05, 4.69) is 15.3 Å². The van der Waals surface area contributed by atoms with Gasteiger partial charge in [-0.05, 0) is 19.1 Å². The van der Waals surface area contributed by atoms with E-state index in [0.717, 1.165) is 17.3 Å². The second kappa shape index (κ2) is 5.87. The Hall–Kier alpha value is -2.55. The quantitative estimate of drug-likeness (QED) is 0.825. The molecule has 0 saturated carbocycles. The zero-order valence-corrected chi connectivity index (χ0v) is 10.9. The highest BCUT2D eigenvalue weighted by molar-refractivity contribution is 5.48. The van der Waals surface area contributed by atoms with E-state index in [1.165, 1.54) is 6.33 Å². The summed E-state index contributed by atoms with van der Waals surface area (Å²) < 4.78 is 5.53. The third kappa shape index (κ3) is 3.45. The first-order valence-electron chi connectivity index (χ1n) is 5.88. The highest BCUT2D eigenvalue weighted by Gasteiger charge is 2.07. The summed E-state index contributed by atoms with van der Waals surface area (Å²) >= 11 is 0. The van der Waals surface area contributed by atoms with Gasteiger partial charge >= 0.3 is 0 Å². The maximum atomic E-state index is 8.52. The molecule has 0 spiro atoms. The molecule has 1 N–H and O–H groups in total. The molecule has 2 aromatic rings. The Morgan fingerprint density at radius 1 is 1.42 bits per heavy atom. The van der Waals surface area contributed by atoms with Crippen LogP contribution in [0.2, 0.25) is 0 Å². The van der Waals surface area contributed by atoms with Gasteiger partial charge in [-0.3, -0.25) is 0 Å². The summed E-state index contributed by atoms with van der Waals surface area (Å²) in [7, 11) is 1.92. The largest absolute Gasteiger partial charge is 0.464 e. The Morgan fingerprint density at radius 3 is 2.95 bits per heavy atom. The lowest BCUT2D eigenvalue weighted by atomic mass is 10.4. The van der Waals surface area contributed by atoms with Crippen molar-refractivity contribution < 1.29 is 4.42 Å². The molecular formula is C13H15N5O. The number of hydrogen-bond acceptors (Lipinski definition) is 6. The number of aromatic nitrogens is 2. The maximum absolute atomic E-state index is 8.52. The molecule has 2 rings (SSSR count). The van der Waals surface area contributed by atoms with Crippen molar-refractivity contribution in [3.63, 3.8) is 0 Å². The Labute approximate surface area is 111 Å². The molecule has 19 heavy (non-hydrogen) atoms. The fraction of sp³-hybridized carbons (Fsp3) is 0.308. The lowest BCUT2D eigenvalue weighted by Gasteiger charge is -2.17. The number of nitrogens with zero attached hydrogens (tertiary/aromatic N) is 4. The van der Waals surface area contributed by atoms with E-state index >= 15 is 0 Å². The molecule has 6 nitrogen and oxygen atoms in total. The van der Waals surface area contributed by atoms with Gasteiger partial charge in [0.2, 0.25) is 0 Å². The van der Waals surface area contributed by atoms with Crippen LogP contribution in [0.1, 0.15) is 11.5 Å². The molecule has 0 unspecified atom stereocenters. The van der Waals surface area contributed by atoms with Crippen LogP contribution >= 0.6 is 0 Å². The highest BCUT2D eigenvalue weighted by atomic mass is 16.3. The van der Waals surface area contributed by atoms with Gasteiger partial charge in [0.25, 0.3) is 0 Å². The third-order valence-corrected chi connectivity index (χ3v) is 2.58. The number of hydrogen-bond donors (Lipinski definition) is 1. The second-order valence-corrected chi connectivity index (χ2v) is 4.14. The van der Waals surface area contributed by atoms with Gasteiger partial charge in [-0.15, -0.1) is 0 Å². The predicted octanol–water partition coefficient (Wildman–Crippen LogP) is 1.95. The number of furan rings is 1. The number of nitriles is 1. The maximum Gasteiger partial charge on any atom is 0.134 e. The minimum atomic E-state index is 0.220.